The zero-order valence-electron chi connectivity index (χ0n) is 15.4. The molecule has 1 N–H and O–H groups in total. The van der Waals surface area contributed by atoms with Crippen molar-refractivity contribution >= 4 is 5.91 Å². The highest BCUT2D eigenvalue weighted by atomic mass is 16.7. The maximum Gasteiger partial charge on any atom is 0.254 e. The Morgan fingerprint density at radius 2 is 2.11 bits per heavy atom. The molecule has 8 nitrogen and oxygen atoms in total. The Kier molecular flexibility index (Phi) is 5.20. The zero-order chi connectivity index (χ0) is 19.3. The van der Waals surface area contributed by atoms with Crippen molar-refractivity contribution in [1.82, 2.24) is 20.1 Å². The van der Waals surface area contributed by atoms with Gasteiger partial charge in [-0.2, -0.15) is 5.10 Å². The van der Waals surface area contributed by atoms with Crippen LogP contribution < -0.4 is 9.47 Å². The second-order valence-electron chi connectivity index (χ2n) is 6.32. The standard InChI is InChI=1S/C20H20N4O4/c1-26-8-7-24(11-14-5-6-17-18(9-14)28-13-27-17)20(25)16-4-2-3-15(10-16)19-21-12-22-23-19/h2-6,9-10,12H,7-8,11,13H2,1H3,(H,21,22,23). The summed E-state index contributed by atoms with van der Waals surface area (Å²) in [7, 11) is 1.62. The van der Waals surface area contributed by atoms with Crippen LogP contribution in [0.15, 0.2) is 48.8 Å². The quantitative estimate of drug-likeness (QED) is 0.677. The summed E-state index contributed by atoms with van der Waals surface area (Å²) >= 11 is 0. The summed E-state index contributed by atoms with van der Waals surface area (Å²) in [5.74, 6) is 1.95. The Bertz CT molecular complexity index is 959. The molecule has 2 heterocycles. The number of carbonyl (C=O) groups excluding carboxylic acids is 1. The van der Waals surface area contributed by atoms with Gasteiger partial charge in [0.05, 0.1) is 6.61 Å². The number of nitrogens with one attached hydrogen (secondary N) is 1. The fourth-order valence-electron chi connectivity index (χ4n) is 3.04. The van der Waals surface area contributed by atoms with Gasteiger partial charge in [0.25, 0.3) is 5.91 Å². The predicted octanol–water partition coefficient (Wildman–Crippen LogP) is 2.49. The van der Waals surface area contributed by atoms with Gasteiger partial charge < -0.3 is 19.1 Å². The molecule has 1 aliphatic heterocycles. The first kappa shape index (κ1) is 18.0. The van der Waals surface area contributed by atoms with Gasteiger partial charge in [0.1, 0.15) is 6.33 Å². The molecular formula is C20H20N4O4. The molecule has 1 aromatic heterocycles. The molecule has 8 heteroatoms. The molecule has 0 unspecified atom stereocenters. The van der Waals surface area contributed by atoms with Crippen molar-refractivity contribution in [2.45, 2.75) is 6.54 Å². The van der Waals surface area contributed by atoms with Gasteiger partial charge in [-0.05, 0) is 29.8 Å². The molecule has 144 valence electrons. The first-order valence-electron chi connectivity index (χ1n) is 8.87. The van der Waals surface area contributed by atoms with Crippen LogP contribution in [-0.2, 0) is 11.3 Å². The van der Waals surface area contributed by atoms with Crippen molar-refractivity contribution in [3.63, 3.8) is 0 Å². The lowest BCUT2D eigenvalue weighted by Gasteiger charge is -2.23. The minimum atomic E-state index is -0.0870. The molecule has 0 aliphatic carbocycles. The van der Waals surface area contributed by atoms with Crippen LogP contribution in [0.3, 0.4) is 0 Å². The molecule has 0 saturated carbocycles. The summed E-state index contributed by atoms with van der Waals surface area (Å²) in [6, 6.07) is 13.0. The van der Waals surface area contributed by atoms with Gasteiger partial charge in [-0.25, -0.2) is 4.98 Å². The van der Waals surface area contributed by atoms with Crippen LogP contribution in [0.5, 0.6) is 11.5 Å². The fraction of sp³-hybridized carbons (Fsp3) is 0.250. The van der Waals surface area contributed by atoms with E-state index in [9.17, 15) is 4.79 Å². The van der Waals surface area contributed by atoms with Crippen molar-refractivity contribution in [1.29, 1.82) is 0 Å². The number of benzene rings is 2. The molecule has 3 aromatic rings. The highest BCUT2D eigenvalue weighted by molar-refractivity contribution is 5.95. The third-order valence-corrected chi connectivity index (χ3v) is 4.46. The Balaban J connectivity index is 1.57. The molecule has 1 amide bonds. The third kappa shape index (κ3) is 3.81. The van der Waals surface area contributed by atoms with Crippen molar-refractivity contribution in [2.24, 2.45) is 0 Å². The summed E-state index contributed by atoms with van der Waals surface area (Å²) in [4.78, 5) is 19.1. The van der Waals surface area contributed by atoms with E-state index >= 15 is 0 Å². The van der Waals surface area contributed by atoms with Crippen LogP contribution in [0.25, 0.3) is 11.4 Å². The number of hydrogen-bond donors (Lipinski definition) is 1. The number of rotatable bonds is 7. The number of H-pyrrole nitrogens is 1. The number of aromatic nitrogens is 3. The molecule has 1 aliphatic rings. The highest BCUT2D eigenvalue weighted by Gasteiger charge is 2.19. The lowest BCUT2D eigenvalue weighted by atomic mass is 10.1. The molecule has 0 saturated heterocycles. The Hall–Kier alpha value is -3.39. The van der Waals surface area contributed by atoms with Crippen molar-refractivity contribution in [3.8, 4) is 22.9 Å². The largest absolute Gasteiger partial charge is 0.454 e. The van der Waals surface area contributed by atoms with E-state index < -0.39 is 0 Å². The number of aromatic amines is 1. The average molecular weight is 380 g/mol. The second kappa shape index (κ2) is 8.10. The Morgan fingerprint density at radius 3 is 2.93 bits per heavy atom. The van der Waals surface area contributed by atoms with Crippen LogP contribution in [-0.4, -0.2) is 53.0 Å². The molecule has 2 aromatic carbocycles. The van der Waals surface area contributed by atoms with Crippen LogP contribution in [0, 0.1) is 0 Å². The number of amides is 1. The predicted molar refractivity (Wildman–Crippen MR) is 101 cm³/mol. The summed E-state index contributed by atoms with van der Waals surface area (Å²) in [5.41, 5.74) is 2.34. The van der Waals surface area contributed by atoms with Gasteiger partial charge in [0.15, 0.2) is 17.3 Å². The maximum absolute atomic E-state index is 13.2. The first-order chi connectivity index (χ1) is 13.7. The number of methoxy groups -OCH3 is 1. The first-order valence-corrected chi connectivity index (χ1v) is 8.87. The van der Waals surface area contributed by atoms with E-state index in [2.05, 4.69) is 15.2 Å². The monoisotopic (exact) mass is 380 g/mol. The number of nitrogens with zero attached hydrogens (tertiary/aromatic N) is 3. The van der Waals surface area contributed by atoms with E-state index in [1.165, 1.54) is 6.33 Å². The topological polar surface area (TPSA) is 89.6 Å². The average Bonchev–Trinajstić information content (AvgIpc) is 3.42. The smallest absolute Gasteiger partial charge is 0.254 e. The van der Waals surface area contributed by atoms with Crippen LogP contribution in [0.1, 0.15) is 15.9 Å². The summed E-state index contributed by atoms with van der Waals surface area (Å²) < 4.78 is 16.0. The number of hydrogen-bond acceptors (Lipinski definition) is 6. The maximum atomic E-state index is 13.2. The molecule has 0 fully saturated rings. The lowest BCUT2D eigenvalue weighted by molar-refractivity contribution is 0.0680. The molecule has 0 radical (unpaired) electrons. The van der Waals surface area contributed by atoms with Gasteiger partial charge in [-0.3, -0.25) is 9.89 Å². The minimum Gasteiger partial charge on any atom is -0.454 e. The van der Waals surface area contributed by atoms with Gasteiger partial charge >= 0.3 is 0 Å². The van der Waals surface area contributed by atoms with Crippen LogP contribution >= 0.6 is 0 Å². The summed E-state index contributed by atoms with van der Waals surface area (Å²) in [5, 5.41) is 6.68. The van der Waals surface area contributed by atoms with E-state index in [4.69, 9.17) is 14.2 Å². The minimum absolute atomic E-state index is 0.0870. The molecular weight excluding hydrogens is 360 g/mol. The normalized spacial score (nSPS) is 12.2. The van der Waals surface area contributed by atoms with Crippen molar-refractivity contribution in [3.05, 3.63) is 59.9 Å². The van der Waals surface area contributed by atoms with Gasteiger partial charge in [-0.15, -0.1) is 0 Å². The summed E-state index contributed by atoms with van der Waals surface area (Å²) in [6.45, 7) is 1.57. The SMILES string of the molecule is COCCN(Cc1ccc2c(c1)OCO2)C(=O)c1cccc(-c2ncn[nH]2)c1. The molecule has 0 bridgehead atoms. The van der Waals surface area contributed by atoms with E-state index in [0.29, 0.717) is 36.8 Å². The lowest BCUT2D eigenvalue weighted by Crippen LogP contribution is -2.33. The van der Waals surface area contributed by atoms with Crippen molar-refractivity contribution in [2.75, 3.05) is 27.1 Å². The fourth-order valence-corrected chi connectivity index (χ4v) is 3.04. The molecule has 0 atom stereocenters. The Morgan fingerprint density at radius 1 is 1.21 bits per heavy atom. The number of fused-ring (bicyclic) bond motifs is 1. The zero-order valence-corrected chi connectivity index (χ0v) is 15.4. The van der Waals surface area contributed by atoms with E-state index in [0.717, 1.165) is 16.9 Å². The van der Waals surface area contributed by atoms with E-state index in [1.54, 1.807) is 18.1 Å². The van der Waals surface area contributed by atoms with Gasteiger partial charge in [-0.1, -0.05) is 18.2 Å². The summed E-state index contributed by atoms with van der Waals surface area (Å²) in [6.07, 6.45) is 1.44. The highest BCUT2D eigenvalue weighted by Crippen LogP contribution is 2.33. The van der Waals surface area contributed by atoms with Crippen LogP contribution in [0.2, 0.25) is 0 Å². The third-order valence-electron chi connectivity index (χ3n) is 4.46. The molecule has 0 spiro atoms. The molecule has 28 heavy (non-hydrogen) atoms. The van der Waals surface area contributed by atoms with Crippen LogP contribution in [0.4, 0.5) is 0 Å². The number of ether oxygens (including phenoxy) is 3. The Labute approximate surface area is 162 Å². The van der Waals surface area contributed by atoms with E-state index in [1.807, 2.05) is 36.4 Å². The second-order valence-corrected chi connectivity index (χ2v) is 6.32. The van der Waals surface area contributed by atoms with Crippen molar-refractivity contribution < 1.29 is 19.0 Å². The molecule has 4 rings (SSSR count). The van der Waals surface area contributed by atoms with Gasteiger partial charge in [0, 0.05) is 31.3 Å². The number of carbonyl (C=O) groups is 1. The van der Waals surface area contributed by atoms with E-state index in [-0.39, 0.29) is 12.7 Å². The van der Waals surface area contributed by atoms with Gasteiger partial charge in [0.2, 0.25) is 6.79 Å².